The number of hydrogen-bond acceptors (Lipinski definition) is 2. The topological polar surface area (TPSA) is 29.3 Å². The second-order valence-corrected chi connectivity index (χ2v) is 6.16. The van der Waals surface area contributed by atoms with Crippen molar-refractivity contribution in [3.05, 3.63) is 63.1 Å². The van der Waals surface area contributed by atoms with Gasteiger partial charge in [0.1, 0.15) is 0 Å². The first kappa shape index (κ1) is 15.4. The van der Waals surface area contributed by atoms with Crippen molar-refractivity contribution >= 4 is 33.2 Å². The number of nitrogens with zero attached hydrogens (tertiary/aromatic N) is 1. The molecule has 0 saturated heterocycles. The fourth-order valence-electron chi connectivity index (χ4n) is 2.29. The molecule has 0 spiro atoms. The minimum atomic E-state index is 0.0740. The second-order valence-electron chi connectivity index (χ2n) is 4.87. The van der Waals surface area contributed by atoms with E-state index in [1.165, 1.54) is 5.56 Å². The Bertz CT molecular complexity index is 601. The van der Waals surface area contributed by atoms with E-state index in [9.17, 15) is 0 Å². The Kier molecular flexibility index (Phi) is 5.08. The molecule has 2 nitrogen and oxygen atoms in total. The second kappa shape index (κ2) is 6.61. The molecule has 2 aromatic rings. The van der Waals surface area contributed by atoms with Crippen LogP contribution >= 0.6 is 27.5 Å². The lowest BCUT2D eigenvalue weighted by Crippen LogP contribution is -2.30. The van der Waals surface area contributed by atoms with Crippen LogP contribution in [0.4, 0.5) is 5.69 Å². The van der Waals surface area contributed by atoms with Gasteiger partial charge < -0.3 is 10.6 Å². The van der Waals surface area contributed by atoms with Gasteiger partial charge in [-0.15, -0.1) is 0 Å². The first-order chi connectivity index (χ1) is 9.52. The molecule has 0 saturated carbocycles. The monoisotopic (exact) mass is 352 g/mol. The molecule has 4 heteroatoms. The summed E-state index contributed by atoms with van der Waals surface area (Å²) >= 11 is 9.70. The molecular weight excluding hydrogens is 336 g/mol. The number of anilines is 1. The van der Waals surface area contributed by atoms with E-state index in [1.54, 1.807) is 0 Å². The van der Waals surface area contributed by atoms with Gasteiger partial charge in [-0.05, 0) is 48.4 Å². The average molecular weight is 354 g/mol. The van der Waals surface area contributed by atoms with Crippen LogP contribution in [0, 0.1) is 6.92 Å². The van der Waals surface area contributed by atoms with Crippen molar-refractivity contribution in [1.29, 1.82) is 0 Å². The fraction of sp³-hybridized carbons (Fsp3) is 0.250. The van der Waals surface area contributed by atoms with Crippen molar-refractivity contribution in [1.82, 2.24) is 0 Å². The van der Waals surface area contributed by atoms with Gasteiger partial charge >= 0.3 is 0 Å². The van der Waals surface area contributed by atoms with Crippen molar-refractivity contribution in [2.24, 2.45) is 5.73 Å². The molecule has 0 aliphatic heterocycles. The van der Waals surface area contributed by atoms with Crippen molar-refractivity contribution in [3.8, 4) is 0 Å². The molecule has 106 valence electrons. The lowest BCUT2D eigenvalue weighted by molar-refractivity contribution is 0.678. The summed E-state index contributed by atoms with van der Waals surface area (Å²) in [6.45, 7) is 2.60. The van der Waals surface area contributed by atoms with Crippen LogP contribution in [0.15, 0.2) is 46.9 Å². The summed E-state index contributed by atoms with van der Waals surface area (Å²) in [5.41, 5.74) is 9.47. The van der Waals surface area contributed by atoms with Crippen LogP contribution in [0.1, 0.15) is 17.2 Å². The summed E-state index contributed by atoms with van der Waals surface area (Å²) in [4.78, 5) is 2.18. The Labute approximate surface area is 133 Å². The number of halogens is 2. The summed E-state index contributed by atoms with van der Waals surface area (Å²) in [6.07, 6.45) is 0. The Morgan fingerprint density at radius 3 is 2.65 bits per heavy atom. The Morgan fingerprint density at radius 2 is 2.00 bits per heavy atom. The molecule has 0 aliphatic rings. The van der Waals surface area contributed by atoms with Crippen molar-refractivity contribution in [3.63, 3.8) is 0 Å². The molecule has 1 atom stereocenters. The van der Waals surface area contributed by atoms with E-state index in [4.69, 9.17) is 17.3 Å². The molecule has 2 N–H and O–H groups in total. The standard InChI is InChI=1S/C16H18BrClN2/c1-11-4-3-5-13(8-11)20(2)16(10-19)14-9-12(18)6-7-15(14)17/h3-9,16H,10,19H2,1-2H3. The average Bonchev–Trinajstić information content (AvgIpc) is 2.43. The minimum absolute atomic E-state index is 0.0740. The van der Waals surface area contributed by atoms with Crippen LogP contribution in [0.25, 0.3) is 0 Å². The Hall–Kier alpha value is -1.03. The maximum absolute atomic E-state index is 6.11. The van der Waals surface area contributed by atoms with Gasteiger partial charge in [-0.3, -0.25) is 0 Å². The quantitative estimate of drug-likeness (QED) is 0.874. The van der Waals surface area contributed by atoms with E-state index in [0.717, 1.165) is 20.7 Å². The molecule has 0 aliphatic carbocycles. The number of rotatable bonds is 4. The number of benzene rings is 2. The van der Waals surface area contributed by atoms with Gasteiger partial charge in [0, 0.05) is 28.8 Å². The van der Waals surface area contributed by atoms with Gasteiger partial charge in [0.05, 0.1) is 6.04 Å². The zero-order valence-electron chi connectivity index (χ0n) is 11.6. The van der Waals surface area contributed by atoms with Crippen LogP contribution in [0.5, 0.6) is 0 Å². The summed E-state index contributed by atoms with van der Waals surface area (Å²) in [5, 5.41) is 0.722. The Balaban J connectivity index is 2.39. The van der Waals surface area contributed by atoms with Gasteiger partial charge in [-0.2, -0.15) is 0 Å². The molecule has 20 heavy (non-hydrogen) atoms. The number of hydrogen-bond donors (Lipinski definition) is 1. The molecule has 0 fully saturated rings. The smallest absolute Gasteiger partial charge is 0.0673 e. The van der Waals surface area contributed by atoms with E-state index < -0.39 is 0 Å². The lowest BCUT2D eigenvalue weighted by atomic mass is 10.0. The zero-order valence-corrected chi connectivity index (χ0v) is 13.9. The van der Waals surface area contributed by atoms with Gasteiger partial charge in [0.2, 0.25) is 0 Å². The molecule has 0 heterocycles. The van der Waals surface area contributed by atoms with Gasteiger partial charge in [-0.25, -0.2) is 0 Å². The third kappa shape index (κ3) is 3.35. The highest BCUT2D eigenvalue weighted by Crippen LogP contribution is 2.32. The van der Waals surface area contributed by atoms with Crippen molar-refractivity contribution in [2.45, 2.75) is 13.0 Å². The van der Waals surface area contributed by atoms with Crippen molar-refractivity contribution in [2.75, 3.05) is 18.5 Å². The molecule has 1 unspecified atom stereocenters. The third-order valence-corrected chi connectivity index (χ3v) is 4.37. The van der Waals surface area contributed by atoms with Crippen LogP contribution in [-0.2, 0) is 0 Å². The molecule has 2 rings (SSSR count). The molecular formula is C16H18BrClN2. The van der Waals surface area contributed by atoms with Crippen LogP contribution < -0.4 is 10.6 Å². The summed E-state index contributed by atoms with van der Waals surface area (Å²) < 4.78 is 1.02. The lowest BCUT2D eigenvalue weighted by Gasteiger charge is -2.30. The maximum Gasteiger partial charge on any atom is 0.0673 e. The summed E-state index contributed by atoms with van der Waals surface area (Å²) in [5.74, 6) is 0. The van der Waals surface area contributed by atoms with Crippen LogP contribution in [0.3, 0.4) is 0 Å². The molecule has 2 aromatic carbocycles. The van der Waals surface area contributed by atoms with E-state index >= 15 is 0 Å². The highest BCUT2D eigenvalue weighted by Gasteiger charge is 2.19. The fourth-order valence-corrected chi connectivity index (χ4v) is 2.98. The zero-order chi connectivity index (χ0) is 14.7. The highest BCUT2D eigenvalue weighted by molar-refractivity contribution is 9.10. The molecule has 0 radical (unpaired) electrons. The molecule has 0 bridgehead atoms. The summed E-state index contributed by atoms with van der Waals surface area (Å²) in [6, 6.07) is 14.3. The predicted molar refractivity (Wildman–Crippen MR) is 90.5 cm³/mol. The normalized spacial score (nSPS) is 12.2. The van der Waals surface area contributed by atoms with E-state index in [0.29, 0.717) is 6.54 Å². The molecule has 0 aromatic heterocycles. The SMILES string of the molecule is Cc1cccc(N(C)C(CN)c2cc(Cl)ccc2Br)c1. The first-order valence-electron chi connectivity index (χ1n) is 6.47. The van der Waals surface area contributed by atoms with E-state index in [2.05, 4.69) is 59.1 Å². The van der Waals surface area contributed by atoms with Crippen molar-refractivity contribution < 1.29 is 0 Å². The van der Waals surface area contributed by atoms with E-state index in [-0.39, 0.29) is 6.04 Å². The largest absolute Gasteiger partial charge is 0.366 e. The van der Waals surface area contributed by atoms with Gasteiger partial charge in [0.25, 0.3) is 0 Å². The number of nitrogens with two attached hydrogens (primary N) is 1. The molecule has 0 amide bonds. The number of aryl methyl sites for hydroxylation is 1. The highest BCUT2D eigenvalue weighted by atomic mass is 79.9. The first-order valence-corrected chi connectivity index (χ1v) is 7.64. The maximum atomic E-state index is 6.11. The predicted octanol–water partition coefficient (Wildman–Crippen LogP) is 4.55. The Morgan fingerprint density at radius 1 is 1.25 bits per heavy atom. The van der Waals surface area contributed by atoms with Gasteiger partial charge in [-0.1, -0.05) is 39.7 Å². The number of likely N-dealkylation sites (N-methyl/N-ethyl adjacent to an activating group) is 1. The van der Waals surface area contributed by atoms with Gasteiger partial charge in [0.15, 0.2) is 0 Å². The van der Waals surface area contributed by atoms with E-state index in [1.807, 2.05) is 18.2 Å². The third-order valence-electron chi connectivity index (χ3n) is 3.42. The summed E-state index contributed by atoms with van der Waals surface area (Å²) in [7, 11) is 2.06. The van der Waals surface area contributed by atoms with Crippen LogP contribution in [-0.4, -0.2) is 13.6 Å². The van der Waals surface area contributed by atoms with Crippen LogP contribution in [0.2, 0.25) is 5.02 Å². The minimum Gasteiger partial charge on any atom is -0.366 e.